The van der Waals surface area contributed by atoms with Gasteiger partial charge in [0.1, 0.15) is 5.82 Å². The quantitative estimate of drug-likeness (QED) is 0.702. The van der Waals surface area contributed by atoms with Crippen LogP contribution in [-0.2, 0) is 11.3 Å². The fourth-order valence-electron chi connectivity index (χ4n) is 3.42. The molecule has 0 atom stereocenters. The first-order chi connectivity index (χ1) is 14.2. The molecule has 1 aromatic heterocycles. The van der Waals surface area contributed by atoms with Gasteiger partial charge in [-0.2, -0.15) is 5.10 Å². The molecular formula is C23H23FN4O. The molecule has 0 radical (unpaired) electrons. The molecule has 2 aromatic carbocycles. The maximum absolute atomic E-state index is 13.6. The lowest BCUT2D eigenvalue weighted by Gasteiger charge is -2.25. The zero-order chi connectivity index (χ0) is 20.1. The van der Waals surface area contributed by atoms with Crippen molar-refractivity contribution < 1.29 is 9.18 Å². The molecule has 0 bridgehead atoms. The molecule has 0 unspecified atom stereocenters. The van der Waals surface area contributed by atoms with Crippen LogP contribution in [0.4, 0.5) is 4.39 Å². The zero-order valence-corrected chi connectivity index (χ0v) is 16.1. The van der Waals surface area contributed by atoms with Crippen molar-refractivity contribution in [1.82, 2.24) is 20.0 Å². The molecule has 2 heterocycles. The summed E-state index contributed by atoms with van der Waals surface area (Å²) in [4.78, 5) is 14.3. The minimum atomic E-state index is -0.297. The molecule has 1 aliphatic heterocycles. The zero-order valence-electron chi connectivity index (χ0n) is 16.1. The van der Waals surface area contributed by atoms with Crippen LogP contribution in [0.15, 0.2) is 73.1 Å². The van der Waals surface area contributed by atoms with Crippen LogP contribution in [-0.4, -0.2) is 40.2 Å². The van der Waals surface area contributed by atoms with Gasteiger partial charge in [0.15, 0.2) is 0 Å². The van der Waals surface area contributed by atoms with Crippen molar-refractivity contribution in [1.29, 1.82) is 0 Å². The summed E-state index contributed by atoms with van der Waals surface area (Å²) in [6.07, 6.45) is 6.94. The monoisotopic (exact) mass is 390 g/mol. The number of carbonyl (C=O) groups excluding carboxylic acids is 1. The number of nitrogens with one attached hydrogen (secondary N) is 1. The number of halogens is 1. The topological polar surface area (TPSA) is 50.2 Å². The van der Waals surface area contributed by atoms with Gasteiger partial charge < -0.3 is 5.32 Å². The van der Waals surface area contributed by atoms with Gasteiger partial charge in [-0.15, -0.1) is 0 Å². The lowest BCUT2D eigenvalue weighted by Crippen LogP contribution is -2.39. The summed E-state index contributed by atoms with van der Waals surface area (Å²) in [5, 5.41) is 7.25. The highest BCUT2D eigenvalue weighted by Gasteiger charge is 2.17. The molecule has 29 heavy (non-hydrogen) atoms. The Morgan fingerprint density at radius 1 is 1.10 bits per heavy atom. The first-order valence-corrected chi connectivity index (χ1v) is 9.71. The Kier molecular flexibility index (Phi) is 5.81. The minimum absolute atomic E-state index is 0.0954. The number of amides is 1. The van der Waals surface area contributed by atoms with E-state index in [1.54, 1.807) is 18.2 Å². The van der Waals surface area contributed by atoms with E-state index in [1.165, 1.54) is 11.6 Å². The maximum atomic E-state index is 13.6. The Hall–Kier alpha value is -3.25. The third-order valence-electron chi connectivity index (χ3n) is 5.07. The highest BCUT2D eigenvalue weighted by molar-refractivity contribution is 5.78. The number of para-hydroxylation sites is 1. The van der Waals surface area contributed by atoms with Gasteiger partial charge >= 0.3 is 0 Å². The Labute approximate surface area is 169 Å². The van der Waals surface area contributed by atoms with Crippen LogP contribution in [0.3, 0.4) is 0 Å². The van der Waals surface area contributed by atoms with E-state index in [0.717, 1.165) is 24.2 Å². The lowest BCUT2D eigenvalue weighted by molar-refractivity contribution is -0.122. The van der Waals surface area contributed by atoms with E-state index < -0.39 is 0 Å². The predicted molar refractivity (Wildman–Crippen MR) is 111 cm³/mol. The van der Waals surface area contributed by atoms with Crippen LogP contribution < -0.4 is 5.32 Å². The number of benzene rings is 2. The largest absolute Gasteiger partial charge is 0.351 e. The highest BCUT2D eigenvalue weighted by atomic mass is 19.1. The van der Waals surface area contributed by atoms with E-state index in [-0.39, 0.29) is 18.3 Å². The predicted octanol–water partition coefficient (Wildman–Crippen LogP) is 3.42. The van der Waals surface area contributed by atoms with Crippen molar-refractivity contribution >= 4 is 11.5 Å². The van der Waals surface area contributed by atoms with Gasteiger partial charge in [0.05, 0.1) is 18.4 Å². The molecule has 148 valence electrons. The van der Waals surface area contributed by atoms with Gasteiger partial charge in [0.2, 0.25) is 5.91 Å². The second-order valence-electron chi connectivity index (χ2n) is 7.09. The molecule has 1 aliphatic rings. The summed E-state index contributed by atoms with van der Waals surface area (Å²) in [6.45, 7) is 2.02. The normalized spacial score (nSPS) is 14.4. The summed E-state index contributed by atoms with van der Waals surface area (Å²) < 4.78 is 15.5. The molecule has 0 aliphatic carbocycles. The molecular weight excluding hydrogens is 367 g/mol. The fourth-order valence-corrected chi connectivity index (χ4v) is 3.42. The van der Waals surface area contributed by atoms with Gasteiger partial charge in [-0.3, -0.25) is 9.69 Å². The number of nitrogens with zero attached hydrogens (tertiary/aromatic N) is 3. The van der Waals surface area contributed by atoms with E-state index in [2.05, 4.69) is 21.4 Å². The summed E-state index contributed by atoms with van der Waals surface area (Å²) >= 11 is 0. The molecule has 1 N–H and O–H groups in total. The van der Waals surface area contributed by atoms with Gasteiger partial charge in [0, 0.05) is 37.0 Å². The number of rotatable bonds is 6. The summed E-state index contributed by atoms with van der Waals surface area (Å²) in [7, 11) is 0. The van der Waals surface area contributed by atoms with Crippen LogP contribution in [0.1, 0.15) is 17.5 Å². The van der Waals surface area contributed by atoms with Crippen molar-refractivity contribution in [2.45, 2.75) is 13.0 Å². The van der Waals surface area contributed by atoms with E-state index in [0.29, 0.717) is 18.7 Å². The standard InChI is InChI=1S/C23H23FN4O/c24-22-9-5-4-6-19(22)14-25-23(29)17-27-12-10-18(11-13-27)20-15-26-28(16-20)21-7-2-1-3-8-21/h1-10,15-16H,11-14,17H2,(H,25,29). The summed E-state index contributed by atoms with van der Waals surface area (Å²) in [6, 6.07) is 16.5. The van der Waals surface area contributed by atoms with E-state index >= 15 is 0 Å². The summed E-state index contributed by atoms with van der Waals surface area (Å²) in [5.74, 6) is -0.392. The first kappa shape index (κ1) is 19.1. The molecule has 3 aromatic rings. The molecule has 1 amide bonds. The first-order valence-electron chi connectivity index (χ1n) is 9.71. The van der Waals surface area contributed by atoms with E-state index in [9.17, 15) is 9.18 Å². The van der Waals surface area contributed by atoms with Gasteiger partial charge in [-0.05, 0) is 30.2 Å². The Morgan fingerprint density at radius 3 is 2.66 bits per heavy atom. The molecule has 6 heteroatoms. The van der Waals surface area contributed by atoms with Crippen LogP contribution in [0.2, 0.25) is 0 Å². The van der Waals surface area contributed by atoms with Crippen molar-refractivity contribution in [2.75, 3.05) is 19.6 Å². The highest BCUT2D eigenvalue weighted by Crippen LogP contribution is 2.22. The SMILES string of the molecule is O=C(CN1CC=C(c2cnn(-c3ccccc3)c2)CC1)NCc1ccccc1F. The van der Waals surface area contributed by atoms with Crippen molar-refractivity contribution in [2.24, 2.45) is 0 Å². The van der Waals surface area contributed by atoms with Gasteiger partial charge in [0.25, 0.3) is 0 Å². The second kappa shape index (κ2) is 8.84. The smallest absolute Gasteiger partial charge is 0.234 e. The molecule has 0 spiro atoms. The molecule has 0 saturated heterocycles. The van der Waals surface area contributed by atoms with Crippen LogP contribution >= 0.6 is 0 Å². The third kappa shape index (κ3) is 4.78. The number of hydrogen-bond acceptors (Lipinski definition) is 3. The van der Waals surface area contributed by atoms with Crippen molar-refractivity contribution in [3.8, 4) is 5.69 Å². The van der Waals surface area contributed by atoms with Crippen LogP contribution in [0, 0.1) is 5.82 Å². The Bertz CT molecular complexity index is 1010. The fraction of sp³-hybridized carbons (Fsp3) is 0.217. The Morgan fingerprint density at radius 2 is 1.90 bits per heavy atom. The van der Waals surface area contributed by atoms with Crippen molar-refractivity contribution in [3.63, 3.8) is 0 Å². The van der Waals surface area contributed by atoms with Crippen molar-refractivity contribution in [3.05, 3.63) is 90.0 Å². The van der Waals surface area contributed by atoms with Crippen LogP contribution in [0.5, 0.6) is 0 Å². The summed E-state index contributed by atoms with van der Waals surface area (Å²) in [5.41, 5.74) is 3.88. The molecule has 0 saturated carbocycles. The van der Waals surface area contributed by atoms with Crippen LogP contribution in [0.25, 0.3) is 11.3 Å². The van der Waals surface area contributed by atoms with E-state index in [4.69, 9.17) is 0 Å². The molecule has 4 rings (SSSR count). The second-order valence-corrected chi connectivity index (χ2v) is 7.09. The Balaban J connectivity index is 1.30. The average molecular weight is 390 g/mol. The van der Waals surface area contributed by atoms with E-state index in [1.807, 2.05) is 47.4 Å². The minimum Gasteiger partial charge on any atom is -0.351 e. The molecule has 0 fully saturated rings. The number of carbonyl (C=O) groups is 1. The maximum Gasteiger partial charge on any atom is 0.234 e. The number of aromatic nitrogens is 2. The van der Waals surface area contributed by atoms with Gasteiger partial charge in [-0.1, -0.05) is 42.5 Å². The number of hydrogen-bond donors (Lipinski definition) is 1. The lowest BCUT2D eigenvalue weighted by atomic mass is 10.0. The molecule has 5 nitrogen and oxygen atoms in total. The third-order valence-corrected chi connectivity index (χ3v) is 5.07. The van der Waals surface area contributed by atoms with Gasteiger partial charge in [-0.25, -0.2) is 9.07 Å². The average Bonchev–Trinajstić information content (AvgIpc) is 3.25.